The van der Waals surface area contributed by atoms with Crippen LogP contribution in [-0.4, -0.2) is 10.9 Å². The smallest absolute Gasteiger partial charge is 0.228 e. The van der Waals surface area contributed by atoms with Gasteiger partial charge >= 0.3 is 0 Å². The van der Waals surface area contributed by atoms with E-state index in [0.29, 0.717) is 12.0 Å². The summed E-state index contributed by atoms with van der Waals surface area (Å²) in [6.07, 6.45) is 1.75. The Hall–Kier alpha value is -2.62. The largest absolute Gasteiger partial charge is 0.443 e. The van der Waals surface area contributed by atoms with Gasteiger partial charge in [0.25, 0.3) is 0 Å². The molecule has 0 aliphatic rings. The Morgan fingerprint density at radius 1 is 1.16 bits per heavy atom. The second kappa shape index (κ2) is 4.94. The van der Waals surface area contributed by atoms with E-state index >= 15 is 0 Å². The average Bonchev–Trinajstić information content (AvgIpc) is 2.87. The van der Waals surface area contributed by atoms with Crippen LogP contribution < -0.4 is 5.32 Å². The summed E-state index contributed by atoms with van der Waals surface area (Å²) in [7, 11) is 0. The zero-order valence-electron chi connectivity index (χ0n) is 10.2. The van der Waals surface area contributed by atoms with E-state index in [-0.39, 0.29) is 5.91 Å². The van der Waals surface area contributed by atoms with Crippen LogP contribution in [0.3, 0.4) is 0 Å². The number of amides is 1. The molecule has 1 aromatic heterocycles. The summed E-state index contributed by atoms with van der Waals surface area (Å²) in [5, 5.41) is 2.85. The number of benzene rings is 2. The number of rotatable bonds is 3. The highest BCUT2D eigenvalue weighted by Gasteiger charge is 2.05. The number of hydrogen-bond donors (Lipinski definition) is 1. The van der Waals surface area contributed by atoms with E-state index in [1.54, 1.807) is 18.2 Å². The van der Waals surface area contributed by atoms with Gasteiger partial charge in [-0.2, -0.15) is 0 Å². The molecule has 0 aliphatic carbocycles. The van der Waals surface area contributed by atoms with Gasteiger partial charge in [-0.3, -0.25) is 4.79 Å². The molecule has 1 heterocycles. The number of hydrogen-bond acceptors (Lipinski definition) is 3. The van der Waals surface area contributed by atoms with Crippen molar-refractivity contribution in [2.75, 3.05) is 5.32 Å². The predicted molar refractivity (Wildman–Crippen MR) is 72.8 cm³/mol. The second-order valence-electron chi connectivity index (χ2n) is 4.25. The highest BCUT2D eigenvalue weighted by atomic mass is 16.3. The maximum absolute atomic E-state index is 11.9. The number of nitrogens with one attached hydrogen (secondary N) is 1. The average molecular weight is 252 g/mol. The monoisotopic (exact) mass is 252 g/mol. The lowest BCUT2D eigenvalue weighted by Crippen LogP contribution is -2.14. The number of oxazole rings is 1. The van der Waals surface area contributed by atoms with Gasteiger partial charge in [0.1, 0.15) is 5.52 Å². The lowest BCUT2D eigenvalue weighted by atomic mass is 10.1. The van der Waals surface area contributed by atoms with Crippen molar-refractivity contribution in [1.82, 2.24) is 4.98 Å². The SMILES string of the molecule is O=C(Cc1ccccc1)Nc1ccc2ocnc2c1. The molecule has 0 unspecified atom stereocenters. The lowest BCUT2D eigenvalue weighted by Gasteiger charge is -2.05. The molecule has 0 saturated carbocycles. The van der Waals surface area contributed by atoms with E-state index < -0.39 is 0 Å². The van der Waals surface area contributed by atoms with E-state index in [2.05, 4.69) is 10.3 Å². The molecule has 0 aliphatic heterocycles. The Labute approximate surface area is 110 Å². The van der Waals surface area contributed by atoms with Crippen molar-refractivity contribution in [3.8, 4) is 0 Å². The predicted octanol–water partition coefficient (Wildman–Crippen LogP) is 3.01. The summed E-state index contributed by atoms with van der Waals surface area (Å²) in [6.45, 7) is 0. The minimum absolute atomic E-state index is 0.0472. The first-order valence-corrected chi connectivity index (χ1v) is 5.98. The fraction of sp³-hybridized carbons (Fsp3) is 0.0667. The summed E-state index contributed by atoms with van der Waals surface area (Å²) >= 11 is 0. The molecule has 1 amide bonds. The molecule has 0 bridgehead atoms. The summed E-state index contributed by atoms with van der Waals surface area (Å²) in [5.74, 6) is -0.0472. The molecule has 0 saturated heterocycles. The number of fused-ring (bicyclic) bond motifs is 1. The Bertz CT molecular complexity index is 704. The number of anilines is 1. The van der Waals surface area contributed by atoms with Crippen LogP contribution >= 0.6 is 0 Å². The van der Waals surface area contributed by atoms with Gasteiger partial charge in [0.05, 0.1) is 6.42 Å². The van der Waals surface area contributed by atoms with Gasteiger partial charge in [-0.05, 0) is 23.8 Å². The number of nitrogens with zero attached hydrogens (tertiary/aromatic N) is 1. The van der Waals surface area contributed by atoms with E-state index in [1.165, 1.54) is 6.39 Å². The topological polar surface area (TPSA) is 55.1 Å². The van der Waals surface area contributed by atoms with Crippen LogP contribution in [0.2, 0.25) is 0 Å². The van der Waals surface area contributed by atoms with Crippen molar-refractivity contribution in [2.24, 2.45) is 0 Å². The minimum atomic E-state index is -0.0472. The Kier molecular flexibility index (Phi) is 2.98. The van der Waals surface area contributed by atoms with Crippen molar-refractivity contribution in [1.29, 1.82) is 0 Å². The van der Waals surface area contributed by atoms with Crippen LogP contribution in [0.1, 0.15) is 5.56 Å². The first-order valence-electron chi connectivity index (χ1n) is 5.98. The van der Waals surface area contributed by atoms with Crippen LogP contribution in [0.15, 0.2) is 59.3 Å². The summed E-state index contributed by atoms with van der Waals surface area (Å²) in [5.41, 5.74) is 3.16. The Morgan fingerprint density at radius 3 is 2.84 bits per heavy atom. The lowest BCUT2D eigenvalue weighted by molar-refractivity contribution is -0.115. The molecule has 0 atom stereocenters. The molecule has 4 nitrogen and oxygen atoms in total. The van der Waals surface area contributed by atoms with Crippen LogP contribution in [0.25, 0.3) is 11.1 Å². The second-order valence-corrected chi connectivity index (χ2v) is 4.25. The Morgan fingerprint density at radius 2 is 2.00 bits per heavy atom. The first kappa shape index (κ1) is 11.5. The number of carbonyl (C=O) groups excluding carboxylic acids is 1. The molecule has 0 fully saturated rings. The fourth-order valence-corrected chi connectivity index (χ4v) is 1.92. The third kappa shape index (κ3) is 2.63. The molecular weight excluding hydrogens is 240 g/mol. The maximum Gasteiger partial charge on any atom is 0.228 e. The third-order valence-electron chi connectivity index (χ3n) is 2.82. The molecule has 0 spiro atoms. The molecule has 94 valence electrons. The van der Waals surface area contributed by atoms with Crippen LogP contribution in [0.4, 0.5) is 5.69 Å². The molecule has 0 radical (unpaired) electrons. The highest BCUT2D eigenvalue weighted by molar-refractivity contribution is 5.94. The zero-order chi connectivity index (χ0) is 13.1. The molecular formula is C15H12N2O2. The Balaban J connectivity index is 1.72. The molecule has 3 aromatic rings. The quantitative estimate of drug-likeness (QED) is 0.779. The molecule has 19 heavy (non-hydrogen) atoms. The van der Waals surface area contributed by atoms with Crippen molar-refractivity contribution in [2.45, 2.75) is 6.42 Å². The zero-order valence-corrected chi connectivity index (χ0v) is 10.2. The van der Waals surface area contributed by atoms with Gasteiger partial charge < -0.3 is 9.73 Å². The van der Waals surface area contributed by atoms with E-state index in [1.807, 2.05) is 30.3 Å². The maximum atomic E-state index is 11.9. The first-order chi connectivity index (χ1) is 9.31. The molecule has 3 rings (SSSR count). The van der Waals surface area contributed by atoms with Gasteiger partial charge in [0, 0.05) is 5.69 Å². The van der Waals surface area contributed by atoms with Gasteiger partial charge in [-0.15, -0.1) is 0 Å². The minimum Gasteiger partial charge on any atom is -0.443 e. The van der Waals surface area contributed by atoms with E-state index in [9.17, 15) is 4.79 Å². The van der Waals surface area contributed by atoms with Crippen molar-refractivity contribution in [3.63, 3.8) is 0 Å². The summed E-state index contributed by atoms with van der Waals surface area (Å²) in [4.78, 5) is 16.0. The van der Waals surface area contributed by atoms with E-state index in [4.69, 9.17) is 4.42 Å². The van der Waals surface area contributed by atoms with E-state index in [0.717, 1.165) is 16.8 Å². The number of carbonyl (C=O) groups is 1. The van der Waals surface area contributed by atoms with Crippen molar-refractivity contribution in [3.05, 3.63) is 60.5 Å². The van der Waals surface area contributed by atoms with Gasteiger partial charge in [0.15, 0.2) is 12.0 Å². The van der Waals surface area contributed by atoms with Crippen LogP contribution in [0, 0.1) is 0 Å². The van der Waals surface area contributed by atoms with Crippen LogP contribution in [-0.2, 0) is 11.2 Å². The van der Waals surface area contributed by atoms with Gasteiger partial charge in [0.2, 0.25) is 5.91 Å². The van der Waals surface area contributed by atoms with Crippen molar-refractivity contribution < 1.29 is 9.21 Å². The van der Waals surface area contributed by atoms with Gasteiger partial charge in [-0.25, -0.2) is 4.98 Å². The van der Waals surface area contributed by atoms with Crippen molar-refractivity contribution >= 4 is 22.7 Å². The third-order valence-corrected chi connectivity index (χ3v) is 2.82. The summed E-state index contributed by atoms with van der Waals surface area (Å²) < 4.78 is 5.15. The standard InChI is InChI=1S/C15H12N2O2/c18-15(8-11-4-2-1-3-5-11)17-12-6-7-14-13(9-12)16-10-19-14/h1-7,9-10H,8H2,(H,17,18). The fourth-order valence-electron chi connectivity index (χ4n) is 1.92. The molecule has 1 N–H and O–H groups in total. The van der Waals surface area contributed by atoms with Gasteiger partial charge in [-0.1, -0.05) is 30.3 Å². The molecule has 4 heteroatoms. The summed E-state index contributed by atoms with van der Waals surface area (Å²) in [6, 6.07) is 15.0. The normalized spacial score (nSPS) is 10.5. The highest BCUT2D eigenvalue weighted by Crippen LogP contribution is 2.17. The van der Waals surface area contributed by atoms with Crippen LogP contribution in [0.5, 0.6) is 0 Å². The number of aromatic nitrogens is 1. The molecule has 2 aromatic carbocycles.